The van der Waals surface area contributed by atoms with E-state index in [0.29, 0.717) is 42.8 Å². The Balaban J connectivity index is 1.68. The van der Waals surface area contributed by atoms with Gasteiger partial charge in [-0.2, -0.15) is 5.26 Å². The highest BCUT2D eigenvalue weighted by atomic mass is 16.5. The third-order valence-electron chi connectivity index (χ3n) is 6.04. The van der Waals surface area contributed by atoms with E-state index in [2.05, 4.69) is 6.07 Å². The second-order valence-corrected chi connectivity index (χ2v) is 8.16. The number of aromatic hydroxyl groups is 2. The molecule has 0 fully saturated rings. The molecule has 168 valence electrons. The summed E-state index contributed by atoms with van der Waals surface area (Å²) in [7, 11) is 0. The number of phenolic OH excluding ortho intramolecular Hbond substituents is 2. The van der Waals surface area contributed by atoms with E-state index in [9.17, 15) is 20.3 Å². The van der Waals surface area contributed by atoms with Crippen LogP contribution in [0.4, 0.5) is 0 Å². The molecule has 1 aliphatic rings. The van der Waals surface area contributed by atoms with Gasteiger partial charge in [-0.1, -0.05) is 36.4 Å². The van der Waals surface area contributed by atoms with Gasteiger partial charge in [0.1, 0.15) is 11.8 Å². The van der Waals surface area contributed by atoms with Crippen molar-refractivity contribution < 1.29 is 14.9 Å². The standard InChI is InChI=1S/C26H25N3O4/c1-16-13-23-24(26(32)29(16)12-11-18-8-10-21(30)22(31)14-18)19(20(15-27)25(28)33-23)9-7-17-5-3-2-4-6-17/h2-6,8,10,13-14,19,30-31H,7,9,11-12,28H2,1H3/t19-/m1/s1. The van der Waals surface area contributed by atoms with Crippen LogP contribution < -0.4 is 16.0 Å². The predicted octanol–water partition coefficient (Wildman–Crippen LogP) is 3.61. The number of hydrogen-bond donors (Lipinski definition) is 3. The van der Waals surface area contributed by atoms with E-state index in [4.69, 9.17) is 10.5 Å². The van der Waals surface area contributed by atoms with E-state index in [0.717, 1.165) is 11.1 Å². The van der Waals surface area contributed by atoms with Crippen LogP contribution in [-0.2, 0) is 19.4 Å². The smallest absolute Gasteiger partial charge is 0.258 e. The van der Waals surface area contributed by atoms with Gasteiger partial charge in [0.2, 0.25) is 5.88 Å². The summed E-state index contributed by atoms with van der Waals surface area (Å²) in [4.78, 5) is 13.6. The number of aromatic nitrogens is 1. The Labute approximate surface area is 191 Å². The van der Waals surface area contributed by atoms with E-state index in [1.54, 1.807) is 16.7 Å². The van der Waals surface area contributed by atoms with Crippen molar-refractivity contribution >= 4 is 0 Å². The van der Waals surface area contributed by atoms with Gasteiger partial charge in [0.15, 0.2) is 11.5 Å². The Morgan fingerprint density at radius 3 is 2.52 bits per heavy atom. The number of aryl methyl sites for hydroxylation is 3. The first-order chi connectivity index (χ1) is 15.9. The monoisotopic (exact) mass is 443 g/mol. The summed E-state index contributed by atoms with van der Waals surface area (Å²) >= 11 is 0. The molecule has 4 rings (SSSR count). The third-order valence-corrected chi connectivity index (χ3v) is 6.04. The lowest BCUT2D eigenvalue weighted by Crippen LogP contribution is -2.33. The van der Waals surface area contributed by atoms with Crippen molar-refractivity contribution in [2.24, 2.45) is 5.73 Å². The number of rotatable bonds is 6. The highest BCUT2D eigenvalue weighted by Crippen LogP contribution is 2.39. The van der Waals surface area contributed by atoms with Crippen molar-refractivity contribution in [2.75, 3.05) is 0 Å². The molecule has 0 saturated heterocycles. The van der Waals surface area contributed by atoms with Gasteiger partial charge in [0.25, 0.3) is 5.56 Å². The van der Waals surface area contributed by atoms with Gasteiger partial charge in [-0.05, 0) is 49.4 Å². The Hall–Kier alpha value is -4.18. The first-order valence-electron chi connectivity index (χ1n) is 10.8. The molecular formula is C26H25N3O4. The van der Waals surface area contributed by atoms with Crippen LogP contribution in [0.15, 0.2) is 70.8 Å². The Morgan fingerprint density at radius 2 is 1.82 bits per heavy atom. The molecule has 7 heteroatoms. The second kappa shape index (κ2) is 9.13. The first-order valence-corrected chi connectivity index (χ1v) is 10.8. The molecule has 7 nitrogen and oxygen atoms in total. The van der Waals surface area contributed by atoms with Crippen LogP contribution >= 0.6 is 0 Å². The fourth-order valence-corrected chi connectivity index (χ4v) is 4.27. The van der Waals surface area contributed by atoms with Crippen LogP contribution in [-0.4, -0.2) is 14.8 Å². The van der Waals surface area contributed by atoms with Gasteiger partial charge in [-0.15, -0.1) is 0 Å². The van der Waals surface area contributed by atoms with Gasteiger partial charge in [0.05, 0.1) is 11.1 Å². The molecule has 1 aromatic heterocycles. The average Bonchev–Trinajstić information content (AvgIpc) is 2.80. The maximum atomic E-state index is 13.6. The Morgan fingerprint density at radius 1 is 1.06 bits per heavy atom. The van der Waals surface area contributed by atoms with Gasteiger partial charge in [-0.3, -0.25) is 4.79 Å². The molecule has 0 spiro atoms. The largest absolute Gasteiger partial charge is 0.504 e. The number of hydrogen-bond acceptors (Lipinski definition) is 6. The van der Waals surface area contributed by atoms with Crippen LogP contribution in [0.2, 0.25) is 0 Å². The summed E-state index contributed by atoms with van der Waals surface area (Å²) < 4.78 is 7.34. The zero-order valence-electron chi connectivity index (χ0n) is 18.3. The normalized spacial score (nSPS) is 15.0. The molecule has 33 heavy (non-hydrogen) atoms. The maximum Gasteiger partial charge on any atom is 0.258 e. The second-order valence-electron chi connectivity index (χ2n) is 8.16. The van der Waals surface area contributed by atoms with E-state index in [1.165, 1.54) is 12.1 Å². The van der Waals surface area contributed by atoms with Crippen molar-refractivity contribution in [3.05, 3.63) is 98.8 Å². The summed E-state index contributed by atoms with van der Waals surface area (Å²) in [5.74, 6) is -0.413. The minimum absolute atomic E-state index is 0.0409. The number of phenols is 2. The fraction of sp³-hybridized carbons (Fsp3) is 0.231. The minimum atomic E-state index is -0.462. The molecule has 0 bridgehead atoms. The molecule has 2 aromatic carbocycles. The molecule has 1 aliphatic heterocycles. The molecular weight excluding hydrogens is 418 g/mol. The fourth-order valence-electron chi connectivity index (χ4n) is 4.27. The van der Waals surface area contributed by atoms with Gasteiger partial charge in [-0.25, -0.2) is 0 Å². The SMILES string of the molecule is Cc1cc2c(c(=O)n1CCc1ccc(O)c(O)c1)[C@H](CCc1ccccc1)C(C#N)=C(N)O2. The van der Waals surface area contributed by atoms with Gasteiger partial charge >= 0.3 is 0 Å². The molecule has 0 amide bonds. The topological polar surface area (TPSA) is 122 Å². The number of benzene rings is 2. The maximum absolute atomic E-state index is 13.6. The molecule has 0 unspecified atom stereocenters. The van der Waals surface area contributed by atoms with E-state index in [-0.39, 0.29) is 28.5 Å². The zero-order chi connectivity index (χ0) is 23.5. The molecule has 0 saturated carbocycles. The number of ether oxygens (including phenoxy) is 1. The lowest BCUT2D eigenvalue weighted by Gasteiger charge is -2.27. The number of nitriles is 1. The Bertz CT molecular complexity index is 1320. The van der Waals surface area contributed by atoms with Crippen LogP contribution in [0.5, 0.6) is 17.2 Å². The molecule has 4 N–H and O–H groups in total. The van der Waals surface area contributed by atoms with Crippen molar-refractivity contribution in [1.29, 1.82) is 5.26 Å². The highest BCUT2D eigenvalue weighted by molar-refractivity contribution is 5.49. The first kappa shape index (κ1) is 22.0. The quantitative estimate of drug-likeness (QED) is 0.501. The number of fused-ring (bicyclic) bond motifs is 1. The van der Waals surface area contributed by atoms with Gasteiger partial charge < -0.3 is 25.3 Å². The van der Waals surface area contributed by atoms with E-state index >= 15 is 0 Å². The van der Waals surface area contributed by atoms with Crippen molar-refractivity contribution in [3.8, 4) is 23.3 Å². The minimum Gasteiger partial charge on any atom is -0.504 e. The highest BCUT2D eigenvalue weighted by Gasteiger charge is 2.32. The lowest BCUT2D eigenvalue weighted by atomic mass is 9.85. The summed E-state index contributed by atoms with van der Waals surface area (Å²) in [6, 6.07) is 18.4. The predicted molar refractivity (Wildman–Crippen MR) is 124 cm³/mol. The zero-order valence-corrected chi connectivity index (χ0v) is 18.3. The lowest BCUT2D eigenvalue weighted by molar-refractivity contribution is 0.379. The number of pyridine rings is 1. The summed E-state index contributed by atoms with van der Waals surface area (Å²) in [6.45, 7) is 2.19. The van der Waals surface area contributed by atoms with Crippen molar-refractivity contribution in [3.63, 3.8) is 0 Å². The van der Waals surface area contributed by atoms with Crippen molar-refractivity contribution in [1.82, 2.24) is 4.57 Å². The van der Waals surface area contributed by atoms with Crippen LogP contribution in [0, 0.1) is 18.3 Å². The van der Waals surface area contributed by atoms with Crippen LogP contribution in [0.25, 0.3) is 0 Å². The summed E-state index contributed by atoms with van der Waals surface area (Å²) in [5, 5.41) is 29.0. The van der Waals surface area contributed by atoms with E-state index in [1.807, 2.05) is 37.3 Å². The summed E-state index contributed by atoms with van der Waals surface area (Å²) in [6.07, 6.45) is 1.71. The molecule has 3 aromatic rings. The molecule has 0 radical (unpaired) electrons. The molecule has 1 atom stereocenters. The Kier molecular flexibility index (Phi) is 6.09. The number of nitrogens with zero attached hydrogens (tertiary/aromatic N) is 2. The third kappa shape index (κ3) is 4.41. The molecule has 2 heterocycles. The average molecular weight is 444 g/mol. The number of nitrogens with two attached hydrogens (primary N) is 1. The van der Waals surface area contributed by atoms with Crippen LogP contribution in [0.1, 0.15) is 34.7 Å². The van der Waals surface area contributed by atoms with Crippen molar-refractivity contribution in [2.45, 2.75) is 38.6 Å². The summed E-state index contributed by atoms with van der Waals surface area (Å²) in [5.41, 5.74) is 9.14. The molecule has 0 aliphatic carbocycles. The number of allylic oxidation sites excluding steroid dienone is 1. The van der Waals surface area contributed by atoms with E-state index < -0.39 is 5.92 Å². The van der Waals surface area contributed by atoms with Gasteiger partial charge in [0, 0.05) is 24.2 Å². The van der Waals surface area contributed by atoms with Crippen LogP contribution in [0.3, 0.4) is 0 Å².